The summed E-state index contributed by atoms with van der Waals surface area (Å²) in [7, 11) is -2.10. The van der Waals surface area contributed by atoms with Gasteiger partial charge in [-0.1, -0.05) is 0 Å². The van der Waals surface area contributed by atoms with Crippen LogP contribution in [-0.4, -0.2) is 33.0 Å². The highest BCUT2D eigenvalue weighted by Crippen LogP contribution is 2.18. The van der Waals surface area contributed by atoms with E-state index in [9.17, 15) is 8.42 Å². The second-order valence-corrected chi connectivity index (χ2v) is 4.95. The molecular weight excluding hydrogens is 244 g/mol. The molecule has 0 atom stereocenters. The third-order valence-corrected chi connectivity index (χ3v) is 3.06. The van der Waals surface area contributed by atoms with E-state index in [1.54, 1.807) is 31.0 Å². The Bertz CT molecular complexity index is 641. The Morgan fingerprint density at radius 3 is 2.59 bits per heavy atom. The van der Waals surface area contributed by atoms with Gasteiger partial charge in [-0.05, 0) is 6.92 Å². The van der Waals surface area contributed by atoms with Crippen molar-refractivity contribution in [1.29, 1.82) is 0 Å². The van der Waals surface area contributed by atoms with E-state index in [-0.39, 0.29) is 5.16 Å². The van der Waals surface area contributed by atoms with Gasteiger partial charge in [0.1, 0.15) is 0 Å². The van der Waals surface area contributed by atoms with Crippen molar-refractivity contribution in [2.24, 2.45) is 12.2 Å². The van der Waals surface area contributed by atoms with Gasteiger partial charge in [0.2, 0.25) is 0 Å². The molecule has 8 nitrogen and oxygen atoms in total. The van der Waals surface area contributed by atoms with Crippen LogP contribution < -0.4 is 5.14 Å². The lowest BCUT2D eigenvalue weighted by molar-refractivity contribution is 0.571. The highest BCUT2D eigenvalue weighted by molar-refractivity contribution is 7.89. The summed E-state index contributed by atoms with van der Waals surface area (Å²) in [6.07, 6.45) is 3.31. The van der Waals surface area contributed by atoms with Crippen molar-refractivity contribution in [3.63, 3.8) is 0 Å². The maximum Gasteiger partial charge on any atom is 0.273 e. The van der Waals surface area contributed by atoms with Crippen LogP contribution in [0.2, 0.25) is 0 Å². The summed E-state index contributed by atoms with van der Waals surface area (Å²) in [6, 6.07) is 0. The lowest BCUT2D eigenvalue weighted by Gasteiger charge is -2.03. The first-order chi connectivity index (χ1) is 7.93. The maximum absolute atomic E-state index is 11.3. The van der Waals surface area contributed by atoms with Gasteiger partial charge in [-0.2, -0.15) is 5.10 Å². The van der Waals surface area contributed by atoms with E-state index in [2.05, 4.69) is 15.3 Å². The van der Waals surface area contributed by atoms with Crippen LogP contribution in [0.5, 0.6) is 0 Å². The van der Waals surface area contributed by atoms with Crippen molar-refractivity contribution in [3.8, 4) is 11.4 Å². The standard InChI is InChI=1S/C8H12N6O2S/c1-3-14-7(6-4-10-13(2)5-6)11-12-8(14)17(9,15)16/h4-5H,3H2,1-2H3,(H2,9,15,16). The molecule has 0 aliphatic rings. The van der Waals surface area contributed by atoms with E-state index < -0.39 is 10.0 Å². The minimum absolute atomic E-state index is 0.237. The Kier molecular flexibility index (Phi) is 2.71. The fraction of sp³-hybridized carbons (Fsp3) is 0.375. The molecule has 92 valence electrons. The molecule has 2 N–H and O–H groups in total. The maximum atomic E-state index is 11.3. The Labute approximate surface area is 98.1 Å². The van der Waals surface area contributed by atoms with Crippen molar-refractivity contribution in [2.45, 2.75) is 18.6 Å². The molecule has 0 aliphatic carbocycles. The second kappa shape index (κ2) is 3.93. The predicted molar refractivity (Wildman–Crippen MR) is 59.3 cm³/mol. The first-order valence-corrected chi connectivity index (χ1v) is 6.43. The molecule has 2 rings (SSSR count). The van der Waals surface area contributed by atoms with Crippen LogP contribution in [0.3, 0.4) is 0 Å². The average Bonchev–Trinajstić information content (AvgIpc) is 2.81. The van der Waals surface area contributed by atoms with Gasteiger partial charge in [-0.25, -0.2) is 13.6 Å². The molecule has 2 heterocycles. The van der Waals surface area contributed by atoms with Gasteiger partial charge in [-0.15, -0.1) is 10.2 Å². The Morgan fingerprint density at radius 1 is 1.41 bits per heavy atom. The lowest BCUT2D eigenvalue weighted by atomic mass is 10.3. The highest BCUT2D eigenvalue weighted by atomic mass is 32.2. The van der Waals surface area contributed by atoms with E-state index >= 15 is 0 Å². The first kappa shape index (κ1) is 11.7. The highest BCUT2D eigenvalue weighted by Gasteiger charge is 2.21. The van der Waals surface area contributed by atoms with E-state index in [4.69, 9.17) is 5.14 Å². The van der Waals surface area contributed by atoms with Crippen molar-refractivity contribution in [2.75, 3.05) is 0 Å². The summed E-state index contributed by atoms with van der Waals surface area (Å²) in [5.74, 6) is 0.435. The molecule has 0 bridgehead atoms. The largest absolute Gasteiger partial charge is 0.297 e. The summed E-state index contributed by atoms with van der Waals surface area (Å²) in [6.45, 7) is 2.20. The van der Waals surface area contributed by atoms with Gasteiger partial charge >= 0.3 is 0 Å². The Hall–Kier alpha value is -1.74. The molecular formula is C8H12N6O2S. The molecule has 2 aromatic rings. The molecule has 2 aromatic heterocycles. The zero-order valence-electron chi connectivity index (χ0n) is 9.40. The molecule has 0 radical (unpaired) electrons. The summed E-state index contributed by atoms with van der Waals surface area (Å²) in [4.78, 5) is 0. The van der Waals surface area contributed by atoms with Gasteiger partial charge in [0.05, 0.1) is 11.8 Å². The number of hydrogen-bond acceptors (Lipinski definition) is 5. The number of nitrogens with zero attached hydrogens (tertiary/aromatic N) is 5. The molecule has 0 aliphatic heterocycles. The summed E-state index contributed by atoms with van der Waals surface area (Å²) in [5.41, 5.74) is 0.691. The van der Waals surface area contributed by atoms with Crippen LogP contribution in [0.1, 0.15) is 6.92 Å². The van der Waals surface area contributed by atoms with Gasteiger partial charge in [0.25, 0.3) is 15.2 Å². The zero-order valence-corrected chi connectivity index (χ0v) is 10.2. The zero-order chi connectivity index (χ0) is 12.6. The van der Waals surface area contributed by atoms with Crippen LogP contribution in [0.4, 0.5) is 0 Å². The molecule has 0 saturated heterocycles. The summed E-state index contributed by atoms with van der Waals surface area (Å²) in [5, 5.41) is 16.3. The Balaban J connectivity index is 2.61. The van der Waals surface area contributed by atoms with Crippen molar-refractivity contribution in [3.05, 3.63) is 12.4 Å². The summed E-state index contributed by atoms with van der Waals surface area (Å²) >= 11 is 0. The fourth-order valence-corrected chi connectivity index (χ4v) is 2.21. The van der Waals surface area contributed by atoms with Crippen molar-refractivity contribution < 1.29 is 8.42 Å². The molecule has 0 amide bonds. The molecule has 0 unspecified atom stereocenters. The normalized spacial score (nSPS) is 11.9. The SMILES string of the molecule is CCn1c(-c2cnn(C)c2)nnc1S(N)(=O)=O. The van der Waals surface area contributed by atoms with Gasteiger partial charge in [0.15, 0.2) is 5.82 Å². The van der Waals surface area contributed by atoms with Crippen LogP contribution in [0.15, 0.2) is 17.6 Å². The van der Waals surface area contributed by atoms with Crippen LogP contribution >= 0.6 is 0 Å². The minimum Gasteiger partial charge on any atom is -0.297 e. The third kappa shape index (κ3) is 2.06. The predicted octanol–water partition coefficient (Wildman–Crippen LogP) is -0.654. The Morgan fingerprint density at radius 2 is 2.12 bits per heavy atom. The number of aryl methyl sites for hydroxylation is 1. The number of hydrogen-bond donors (Lipinski definition) is 1. The van der Waals surface area contributed by atoms with E-state index in [0.29, 0.717) is 17.9 Å². The minimum atomic E-state index is -3.86. The van der Waals surface area contributed by atoms with Gasteiger partial charge in [0, 0.05) is 19.8 Å². The van der Waals surface area contributed by atoms with E-state index in [1.165, 1.54) is 4.57 Å². The molecule has 9 heteroatoms. The topological polar surface area (TPSA) is 109 Å². The van der Waals surface area contributed by atoms with E-state index in [0.717, 1.165) is 0 Å². The quantitative estimate of drug-likeness (QED) is 0.784. The van der Waals surface area contributed by atoms with Gasteiger partial charge < -0.3 is 0 Å². The second-order valence-electron chi connectivity index (χ2n) is 3.50. The fourth-order valence-electron chi connectivity index (χ4n) is 1.53. The number of nitrogens with two attached hydrogens (primary N) is 1. The van der Waals surface area contributed by atoms with Crippen molar-refractivity contribution in [1.82, 2.24) is 24.5 Å². The van der Waals surface area contributed by atoms with E-state index in [1.807, 2.05) is 0 Å². The smallest absolute Gasteiger partial charge is 0.273 e. The lowest BCUT2D eigenvalue weighted by Crippen LogP contribution is -2.18. The number of rotatable bonds is 3. The summed E-state index contributed by atoms with van der Waals surface area (Å²) < 4.78 is 25.6. The van der Waals surface area contributed by atoms with Crippen molar-refractivity contribution >= 4 is 10.0 Å². The number of aromatic nitrogens is 5. The first-order valence-electron chi connectivity index (χ1n) is 4.88. The number of primary sulfonamides is 1. The monoisotopic (exact) mass is 256 g/mol. The number of sulfonamides is 1. The molecule has 0 spiro atoms. The molecule has 0 fully saturated rings. The third-order valence-electron chi connectivity index (χ3n) is 2.25. The van der Waals surface area contributed by atoms with Gasteiger partial charge in [-0.3, -0.25) is 9.25 Å². The molecule has 0 saturated carbocycles. The van der Waals surface area contributed by atoms with Crippen LogP contribution in [0.25, 0.3) is 11.4 Å². The van der Waals surface area contributed by atoms with Crippen LogP contribution in [0, 0.1) is 0 Å². The van der Waals surface area contributed by atoms with Crippen LogP contribution in [-0.2, 0) is 23.6 Å². The average molecular weight is 256 g/mol. The molecule has 0 aromatic carbocycles. The molecule has 17 heavy (non-hydrogen) atoms.